The fraction of sp³-hybridized carbons (Fsp3) is 0.600. The van der Waals surface area contributed by atoms with Crippen LogP contribution in [0.1, 0.15) is 22.4 Å². The molecule has 1 heterocycles. The van der Waals surface area contributed by atoms with E-state index in [9.17, 15) is 4.79 Å². The molecule has 0 atom stereocenters. The molecule has 0 amide bonds. The molecule has 1 aromatic rings. The zero-order valence-electron chi connectivity index (χ0n) is 9.36. The van der Waals surface area contributed by atoms with Crippen LogP contribution in [0.5, 0.6) is 0 Å². The first kappa shape index (κ1) is 13.1. The number of aromatic nitrogens is 1. The highest BCUT2D eigenvalue weighted by molar-refractivity contribution is 7.09. The predicted octanol–water partition coefficient (Wildman–Crippen LogP) is 0.411. The smallest absolute Gasteiger partial charge is 0.357 e. The minimum atomic E-state index is -0.347. The molecule has 0 unspecified atom stereocenters. The van der Waals surface area contributed by atoms with Crippen LogP contribution in [0.15, 0.2) is 5.38 Å². The Morgan fingerprint density at radius 3 is 3.12 bits per heavy atom. The molecule has 1 aromatic heterocycles. The van der Waals surface area contributed by atoms with Crippen molar-refractivity contribution in [3.8, 4) is 0 Å². The predicted molar refractivity (Wildman–Crippen MR) is 63.7 cm³/mol. The molecule has 0 fully saturated rings. The maximum Gasteiger partial charge on any atom is 0.357 e. The third kappa shape index (κ3) is 4.26. The van der Waals surface area contributed by atoms with Crippen LogP contribution < -0.4 is 11.1 Å². The Balaban J connectivity index is 2.36. The number of nitrogens with one attached hydrogen (secondary N) is 1. The molecule has 0 saturated heterocycles. The zero-order chi connectivity index (χ0) is 11.8. The first-order valence-corrected chi connectivity index (χ1v) is 6.18. The molecule has 90 valence electrons. The number of thiazole rings is 1. The third-order valence-electron chi connectivity index (χ3n) is 1.87. The molecule has 16 heavy (non-hydrogen) atoms. The van der Waals surface area contributed by atoms with Crippen LogP contribution in [-0.2, 0) is 11.2 Å². The van der Waals surface area contributed by atoms with Gasteiger partial charge in [0.05, 0.1) is 11.6 Å². The maximum atomic E-state index is 11.3. The largest absolute Gasteiger partial charge is 0.461 e. The van der Waals surface area contributed by atoms with E-state index in [1.165, 1.54) is 11.3 Å². The normalized spacial score (nSPS) is 10.4. The van der Waals surface area contributed by atoms with E-state index < -0.39 is 0 Å². The van der Waals surface area contributed by atoms with Crippen molar-refractivity contribution in [2.75, 3.05) is 26.2 Å². The summed E-state index contributed by atoms with van der Waals surface area (Å²) in [5.41, 5.74) is 5.75. The Hall–Kier alpha value is -0.980. The third-order valence-corrected chi connectivity index (χ3v) is 2.78. The Kier molecular flexibility index (Phi) is 5.99. The van der Waals surface area contributed by atoms with Gasteiger partial charge in [-0.1, -0.05) is 0 Å². The molecule has 0 radical (unpaired) electrons. The quantitative estimate of drug-likeness (QED) is 0.536. The van der Waals surface area contributed by atoms with Crippen LogP contribution in [0.3, 0.4) is 0 Å². The van der Waals surface area contributed by atoms with Gasteiger partial charge in [0.2, 0.25) is 0 Å². The van der Waals surface area contributed by atoms with Gasteiger partial charge in [-0.05, 0) is 6.92 Å². The summed E-state index contributed by atoms with van der Waals surface area (Å²) in [5, 5.41) is 5.84. The minimum absolute atomic E-state index is 0.347. The molecule has 0 saturated carbocycles. The van der Waals surface area contributed by atoms with E-state index in [1.807, 2.05) is 0 Å². The summed E-state index contributed by atoms with van der Waals surface area (Å²) >= 11 is 1.48. The standard InChI is InChI=1S/C10H17N3O2S/c1-2-15-10(14)8-7-16-9(13-8)3-5-12-6-4-11/h7,12H,2-6,11H2,1H3. The van der Waals surface area contributed by atoms with E-state index in [2.05, 4.69) is 10.3 Å². The van der Waals surface area contributed by atoms with Gasteiger partial charge < -0.3 is 15.8 Å². The highest BCUT2D eigenvalue weighted by Gasteiger charge is 2.10. The van der Waals surface area contributed by atoms with Gasteiger partial charge in [-0.2, -0.15) is 0 Å². The molecule has 0 bridgehead atoms. The fourth-order valence-electron chi connectivity index (χ4n) is 1.15. The number of nitrogens with two attached hydrogens (primary N) is 1. The van der Waals surface area contributed by atoms with Gasteiger partial charge in [-0.3, -0.25) is 0 Å². The molecular formula is C10H17N3O2S. The zero-order valence-corrected chi connectivity index (χ0v) is 10.2. The second kappa shape index (κ2) is 7.32. The van der Waals surface area contributed by atoms with Gasteiger partial charge in [0, 0.05) is 31.4 Å². The molecule has 1 rings (SSSR count). The van der Waals surface area contributed by atoms with E-state index in [1.54, 1.807) is 12.3 Å². The number of hydrogen-bond donors (Lipinski definition) is 2. The molecule has 0 aliphatic rings. The molecule has 5 nitrogen and oxygen atoms in total. The van der Waals surface area contributed by atoms with Gasteiger partial charge in [0.25, 0.3) is 0 Å². The number of esters is 1. The average Bonchev–Trinajstić information content (AvgIpc) is 2.73. The number of hydrogen-bond acceptors (Lipinski definition) is 6. The number of carbonyl (C=O) groups excluding carboxylic acids is 1. The summed E-state index contributed by atoms with van der Waals surface area (Å²) in [6.45, 7) is 4.42. The van der Waals surface area contributed by atoms with Gasteiger partial charge >= 0.3 is 5.97 Å². The van der Waals surface area contributed by atoms with Gasteiger partial charge in [0.1, 0.15) is 0 Å². The first-order valence-electron chi connectivity index (χ1n) is 5.30. The van der Waals surface area contributed by atoms with Crippen molar-refractivity contribution < 1.29 is 9.53 Å². The van der Waals surface area contributed by atoms with Crippen LogP contribution in [0.2, 0.25) is 0 Å². The molecule has 6 heteroatoms. The fourth-order valence-corrected chi connectivity index (χ4v) is 1.91. The summed E-state index contributed by atoms with van der Waals surface area (Å²) in [4.78, 5) is 15.5. The lowest BCUT2D eigenvalue weighted by atomic mass is 10.4. The number of ether oxygens (including phenoxy) is 1. The highest BCUT2D eigenvalue weighted by atomic mass is 32.1. The number of carbonyl (C=O) groups is 1. The number of rotatable bonds is 7. The molecule has 3 N–H and O–H groups in total. The first-order chi connectivity index (χ1) is 7.77. The Labute approximate surface area is 99.0 Å². The van der Waals surface area contributed by atoms with Gasteiger partial charge in [-0.15, -0.1) is 11.3 Å². The topological polar surface area (TPSA) is 77.2 Å². The summed E-state index contributed by atoms with van der Waals surface area (Å²) in [7, 11) is 0. The maximum absolute atomic E-state index is 11.3. The van der Waals surface area contributed by atoms with E-state index in [0.29, 0.717) is 18.8 Å². The SMILES string of the molecule is CCOC(=O)c1csc(CCNCCN)n1. The van der Waals surface area contributed by atoms with Crippen LogP contribution >= 0.6 is 11.3 Å². The van der Waals surface area contributed by atoms with Crippen LogP contribution in [-0.4, -0.2) is 37.2 Å². The van der Waals surface area contributed by atoms with Crippen molar-refractivity contribution in [2.24, 2.45) is 5.73 Å². The second-order valence-corrected chi connectivity index (χ2v) is 4.08. The summed E-state index contributed by atoms with van der Waals surface area (Å²) < 4.78 is 4.86. The monoisotopic (exact) mass is 243 g/mol. The molecule has 0 spiro atoms. The highest BCUT2D eigenvalue weighted by Crippen LogP contribution is 2.11. The van der Waals surface area contributed by atoms with Crippen molar-refractivity contribution in [3.05, 3.63) is 16.1 Å². The molecule has 0 aliphatic heterocycles. The summed E-state index contributed by atoms with van der Waals surface area (Å²) in [6, 6.07) is 0. The van der Waals surface area contributed by atoms with E-state index >= 15 is 0 Å². The lowest BCUT2D eigenvalue weighted by Crippen LogP contribution is -2.24. The molecular weight excluding hydrogens is 226 g/mol. The van der Waals surface area contributed by atoms with Crippen molar-refractivity contribution in [1.82, 2.24) is 10.3 Å². The average molecular weight is 243 g/mol. The van der Waals surface area contributed by atoms with E-state index in [0.717, 1.165) is 24.5 Å². The molecule has 0 aliphatic carbocycles. The van der Waals surface area contributed by atoms with Crippen LogP contribution in [0.4, 0.5) is 0 Å². The van der Waals surface area contributed by atoms with Crippen molar-refractivity contribution in [1.29, 1.82) is 0 Å². The Morgan fingerprint density at radius 1 is 1.62 bits per heavy atom. The summed E-state index contributed by atoms with van der Waals surface area (Å²) in [6.07, 6.45) is 0.810. The van der Waals surface area contributed by atoms with Crippen molar-refractivity contribution >= 4 is 17.3 Å². The van der Waals surface area contributed by atoms with E-state index in [-0.39, 0.29) is 5.97 Å². The van der Waals surface area contributed by atoms with Gasteiger partial charge in [-0.25, -0.2) is 9.78 Å². The minimum Gasteiger partial charge on any atom is -0.461 e. The Bertz CT molecular complexity index is 328. The summed E-state index contributed by atoms with van der Waals surface area (Å²) in [5.74, 6) is -0.347. The lowest BCUT2D eigenvalue weighted by molar-refractivity contribution is 0.0520. The molecule has 0 aromatic carbocycles. The van der Waals surface area contributed by atoms with Crippen molar-refractivity contribution in [3.63, 3.8) is 0 Å². The van der Waals surface area contributed by atoms with E-state index in [4.69, 9.17) is 10.5 Å². The van der Waals surface area contributed by atoms with Gasteiger partial charge in [0.15, 0.2) is 5.69 Å². The van der Waals surface area contributed by atoms with Crippen molar-refractivity contribution in [2.45, 2.75) is 13.3 Å². The number of nitrogens with zero attached hydrogens (tertiary/aromatic N) is 1. The van der Waals surface area contributed by atoms with Crippen LogP contribution in [0.25, 0.3) is 0 Å². The Morgan fingerprint density at radius 2 is 2.44 bits per heavy atom. The lowest BCUT2D eigenvalue weighted by Gasteiger charge is -1.99. The van der Waals surface area contributed by atoms with Crippen LogP contribution in [0, 0.1) is 0 Å². The second-order valence-electron chi connectivity index (χ2n) is 3.14.